The minimum absolute atomic E-state index is 0.671. The molecule has 0 aromatic carbocycles. The first-order chi connectivity index (χ1) is 8.56. The van der Waals surface area contributed by atoms with E-state index in [1.54, 1.807) is 20.8 Å². The number of methoxy groups -OCH3 is 1. The first-order valence-electron chi connectivity index (χ1n) is 5.67. The van der Waals surface area contributed by atoms with Crippen molar-refractivity contribution in [2.45, 2.75) is 52.6 Å². The van der Waals surface area contributed by atoms with Crippen molar-refractivity contribution < 1.29 is 33.3 Å². The third kappa shape index (κ3) is 7.40. The van der Waals surface area contributed by atoms with Crippen molar-refractivity contribution in [2.24, 2.45) is 0 Å². The molecule has 0 unspecified atom stereocenters. The Morgan fingerprint density at radius 3 is 1.74 bits per heavy atom. The lowest BCUT2D eigenvalue weighted by Gasteiger charge is -2.30. The maximum absolute atomic E-state index is 11.6. The normalized spacial score (nSPS) is 14.2. The average molecular weight is 276 g/mol. The minimum atomic E-state index is -1.47. The molecule has 0 amide bonds. The molecule has 0 aromatic heterocycles. The molecule has 0 N–H and O–H groups in total. The molecule has 0 rings (SSSR count). The number of ether oxygens (including phenoxy) is 4. The van der Waals surface area contributed by atoms with Crippen LogP contribution in [0.5, 0.6) is 0 Å². The first kappa shape index (κ1) is 17.4. The van der Waals surface area contributed by atoms with E-state index in [4.69, 9.17) is 14.2 Å². The molecule has 0 bridgehead atoms. The molecule has 0 saturated heterocycles. The van der Waals surface area contributed by atoms with Crippen LogP contribution in [0.15, 0.2) is 0 Å². The van der Waals surface area contributed by atoms with Crippen LogP contribution in [0.2, 0.25) is 0 Å². The van der Waals surface area contributed by atoms with Crippen molar-refractivity contribution in [2.75, 3.05) is 7.11 Å². The van der Waals surface area contributed by atoms with Crippen molar-refractivity contribution in [1.82, 2.24) is 0 Å². The van der Waals surface area contributed by atoms with Crippen LogP contribution in [-0.4, -0.2) is 43.0 Å². The van der Waals surface area contributed by atoms with Crippen molar-refractivity contribution in [3.05, 3.63) is 0 Å². The molecule has 7 heteroatoms. The van der Waals surface area contributed by atoms with E-state index in [9.17, 15) is 14.4 Å². The second kappa shape index (κ2) is 7.08. The summed E-state index contributed by atoms with van der Waals surface area (Å²) >= 11 is 0. The van der Waals surface area contributed by atoms with Gasteiger partial charge < -0.3 is 18.9 Å². The summed E-state index contributed by atoms with van der Waals surface area (Å²) in [6.45, 7) is 7.38. The second-order valence-corrected chi connectivity index (χ2v) is 4.76. The Morgan fingerprint density at radius 1 is 0.947 bits per heavy atom. The fraction of sp³-hybridized carbons (Fsp3) is 0.750. The van der Waals surface area contributed by atoms with Gasteiger partial charge in [0.15, 0.2) is 0 Å². The highest BCUT2D eigenvalue weighted by Crippen LogP contribution is 2.17. The molecular weight excluding hydrogens is 256 g/mol. The van der Waals surface area contributed by atoms with Crippen LogP contribution in [-0.2, 0) is 33.3 Å². The van der Waals surface area contributed by atoms with Gasteiger partial charge in [0.1, 0.15) is 0 Å². The first-order valence-corrected chi connectivity index (χ1v) is 5.67. The number of carbonyl (C=O) groups is 3. The van der Waals surface area contributed by atoms with Crippen molar-refractivity contribution in [3.63, 3.8) is 0 Å². The highest BCUT2D eigenvalue weighted by atomic mass is 16.7. The van der Waals surface area contributed by atoms with Gasteiger partial charge in [-0.25, -0.2) is 4.79 Å². The Bertz CT molecular complexity index is 342. The zero-order valence-electron chi connectivity index (χ0n) is 12.0. The quantitative estimate of drug-likeness (QED) is 0.417. The second-order valence-electron chi connectivity index (χ2n) is 4.76. The van der Waals surface area contributed by atoms with E-state index in [1.165, 1.54) is 0 Å². The van der Waals surface area contributed by atoms with Crippen LogP contribution in [0.1, 0.15) is 34.6 Å². The van der Waals surface area contributed by atoms with Gasteiger partial charge in [-0.15, -0.1) is 0 Å². The van der Waals surface area contributed by atoms with Gasteiger partial charge in [0.2, 0.25) is 0 Å². The van der Waals surface area contributed by atoms with E-state index in [2.05, 4.69) is 4.74 Å². The molecule has 0 aromatic rings. The summed E-state index contributed by atoms with van der Waals surface area (Å²) in [6.07, 6.45) is -2.83. The van der Waals surface area contributed by atoms with Crippen LogP contribution in [0.3, 0.4) is 0 Å². The molecule has 2 atom stereocenters. The summed E-state index contributed by atoms with van der Waals surface area (Å²) in [5, 5.41) is 0. The van der Waals surface area contributed by atoms with Gasteiger partial charge in [-0.3, -0.25) is 9.59 Å². The summed E-state index contributed by atoms with van der Waals surface area (Å²) in [6, 6.07) is 0. The molecule has 0 fully saturated rings. The van der Waals surface area contributed by atoms with Gasteiger partial charge in [-0.2, -0.15) is 0 Å². The van der Waals surface area contributed by atoms with Gasteiger partial charge in [-0.05, 0) is 20.8 Å². The predicted molar refractivity (Wildman–Crippen MR) is 64.0 cm³/mol. The van der Waals surface area contributed by atoms with Gasteiger partial charge in [0, 0.05) is 13.8 Å². The van der Waals surface area contributed by atoms with E-state index in [0.717, 1.165) is 21.0 Å². The fourth-order valence-corrected chi connectivity index (χ4v) is 1.17. The number of hydrogen-bond acceptors (Lipinski definition) is 7. The maximum Gasteiger partial charge on any atom is 0.353 e. The Hall–Kier alpha value is -1.63. The van der Waals surface area contributed by atoms with Gasteiger partial charge >= 0.3 is 17.9 Å². The smallest absolute Gasteiger partial charge is 0.353 e. The van der Waals surface area contributed by atoms with Gasteiger partial charge in [0.05, 0.1) is 12.7 Å². The van der Waals surface area contributed by atoms with E-state index in [-0.39, 0.29) is 0 Å². The minimum Gasteiger partial charge on any atom is -0.466 e. The van der Waals surface area contributed by atoms with Crippen molar-refractivity contribution >= 4 is 17.9 Å². The lowest BCUT2D eigenvalue weighted by atomic mass is 10.2. The zero-order chi connectivity index (χ0) is 15.2. The largest absolute Gasteiger partial charge is 0.466 e. The van der Waals surface area contributed by atoms with Crippen molar-refractivity contribution in [1.29, 1.82) is 0 Å². The van der Waals surface area contributed by atoms with Crippen LogP contribution < -0.4 is 0 Å². The third-order valence-corrected chi connectivity index (χ3v) is 1.73. The monoisotopic (exact) mass is 276 g/mol. The number of hydrogen-bond donors (Lipinski definition) is 0. The lowest BCUT2D eigenvalue weighted by molar-refractivity contribution is -0.239. The van der Waals surface area contributed by atoms with Gasteiger partial charge in [-0.1, -0.05) is 0 Å². The Kier molecular flexibility index (Phi) is 6.47. The average Bonchev–Trinajstić information content (AvgIpc) is 2.21. The molecular formula is C12H20O7. The molecule has 7 nitrogen and oxygen atoms in total. The van der Waals surface area contributed by atoms with E-state index >= 15 is 0 Å². The lowest BCUT2D eigenvalue weighted by Crippen LogP contribution is -2.46. The Labute approximate surface area is 112 Å². The van der Waals surface area contributed by atoms with E-state index in [1.807, 2.05) is 0 Å². The molecule has 0 radical (unpaired) electrons. The number of carbonyl (C=O) groups excluding carboxylic acids is 3. The van der Waals surface area contributed by atoms with Crippen LogP contribution >= 0.6 is 0 Å². The summed E-state index contributed by atoms with van der Waals surface area (Å²) in [5.74, 6) is -2.26. The summed E-state index contributed by atoms with van der Waals surface area (Å²) < 4.78 is 19.6. The molecule has 19 heavy (non-hydrogen) atoms. The van der Waals surface area contributed by atoms with Gasteiger partial charge in [0.25, 0.3) is 12.4 Å². The summed E-state index contributed by atoms with van der Waals surface area (Å²) in [4.78, 5) is 33.6. The SMILES string of the molecule is COC(=O)[C@H](OC(C)=O)[C@@H](OC(C)=O)OC(C)(C)C. The molecule has 0 spiro atoms. The van der Waals surface area contributed by atoms with Crippen LogP contribution in [0.25, 0.3) is 0 Å². The molecule has 0 aliphatic carbocycles. The molecule has 0 saturated carbocycles. The highest BCUT2D eigenvalue weighted by molar-refractivity contribution is 5.79. The van der Waals surface area contributed by atoms with E-state index in [0.29, 0.717) is 0 Å². The predicted octanol–water partition coefficient (Wildman–Crippen LogP) is 0.795. The fourth-order valence-electron chi connectivity index (χ4n) is 1.17. The Balaban J connectivity index is 5.15. The van der Waals surface area contributed by atoms with E-state index < -0.39 is 35.9 Å². The van der Waals surface area contributed by atoms with Crippen LogP contribution in [0, 0.1) is 0 Å². The number of esters is 3. The Morgan fingerprint density at radius 2 is 1.42 bits per heavy atom. The maximum atomic E-state index is 11.6. The third-order valence-electron chi connectivity index (χ3n) is 1.73. The zero-order valence-corrected chi connectivity index (χ0v) is 12.0. The summed E-state index contributed by atoms with van der Waals surface area (Å²) in [5.41, 5.74) is -0.716. The molecule has 110 valence electrons. The molecule has 0 aliphatic heterocycles. The topological polar surface area (TPSA) is 88.1 Å². The highest BCUT2D eigenvalue weighted by Gasteiger charge is 2.38. The molecule has 0 aliphatic rings. The number of rotatable bonds is 5. The van der Waals surface area contributed by atoms with Crippen LogP contribution in [0.4, 0.5) is 0 Å². The van der Waals surface area contributed by atoms with Crippen molar-refractivity contribution in [3.8, 4) is 0 Å². The summed E-state index contributed by atoms with van der Waals surface area (Å²) in [7, 11) is 1.13. The standard InChI is InChI=1S/C12H20O7/c1-7(13)17-9(10(15)16-6)11(18-8(2)14)19-12(3,4)5/h9,11H,1-6H3/t9-,11-/m0/s1. The molecule has 0 heterocycles.